The molecule has 0 atom stereocenters. The molecule has 0 amide bonds. The zero-order valence-corrected chi connectivity index (χ0v) is 33.1. The molecule has 0 aliphatic heterocycles. The Morgan fingerprint density at radius 3 is 1.30 bits per heavy atom. The molecule has 11 heteroatoms. The summed E-state index contributed by atoms with van der Waals surface area (Å²) < 4.78 is 92.6. The van der Waals surface area contributed by atoms with E-state index in [1.165, 1.54) is 12.1 Å². The van der Waals surface area contributed by atoms with Crippen LogP contribution in [0.4, 0.5) is 26.3 Å². The van der Waals surface area contributed by atoms with Gasteiger partial charge < -0.3 is 9.13 Å². The molecular formula is C53H27F6N5. The van der Waals surface area contributed by atoms with Gasteiger partial charge >= 0.3 is 12.4 Å². The maximum Gasteiger partial charge on any atom is 0.417 e. The maximum absolute atomic E-state index is 15.5. The number of para-hydroxylation sites is 2. The summed E-state index contributed by atoms with van der Waals surface area (Å²) in [6.45, 7) is 0. The smallest absolute Gasteiger partial charge is 0.308 e. The Balaban J connectivity index is 1.37. The average Bonchev–Trinajstić information content (AvgIpc) is 3.82. The van der Waals surface area contributed by atoms with Crippen molar-refractivity contribution in [3.63, 3.8) is 0 Å². The second kappa shape index (κ2) is 14.8. The summed E-state index contributed by atoms with van der Waals surface area (Å²) in [5, 5.41) is 33.3. The number of aromatic nitrogens is 2. The predicted octanol–water partition coefficient (Wildman–Crippen LogP) is 14.5. The summed E-state index contributed by atoms with van der Waals surface area (Å²) in [6.07, 6.45) is -10.3. The minimum absolute atomic E-state index is 0.0743. The highest BCUT2D eigenvalue weighted by Gasteiger charge is 2.40. The lowest BCUT2D eigenvalue weighted by Gasteiger charge is -2.24. The van der Waals surface area contributed by atoms with Crippen LogP contribution in [0.5, 0.6) is 0 Å². The summed E-state index contributed by atoms with van der Waals surface area (Å²) in [5.74, 6) is 0. The van der Waals surface area contributed by atoms with Crippen molar-refractivity contribution in [1.82, 2.24) is 9.13 Å². The molecule has 306 valence electrons. The molecule has 0 unspecified atom stereocenters. The average molecular weight is 848 g/mol. The molecule has 0 aliphatic carbocycles. The molecule has 0 saturated carbocycles. The molecule has 5 nitrogen and oxygen atoms in total. The topological polar surface area (TPSA) is 81.2 Å². The van der Waals surface area contributed by atoms with Gasteiger partial charge in [0.2, 0.25) is 0 Å². The molecule has 0 bridgehead atoms. The van der Waals surface area contributed by atoms with Crippen molar-refractivity contribution < 1.29 is 26.3 Å². The van der Waals surface area contributed by atoms with Crippen molar-refractivity contribution in [3.05, 3.63) is 192 Å². The van der Waals surface area contributed by atoms with E-state index in [-0.39, 0.29) is 28.6 Å². The van der Waals surface area contributed by atoms with Gasteiger partial charge in [0, 0.05) is 27.1 Å². The van der Waals surface area contributed by atoms with Crippen molar-refractivity contribution in [3.8, 4) is 63.0 Å². The van der Waals surface area contributed by atoms with Crippen LogP contribution in [0, 0.1) is 34.0 Å². The molecule has 2 aromatic heterocycles. The van der Waals surface area contributed by atoms with Gasteiger partial charge in [-0.3, -0.25) is 0 Å². The van der Waals surface area contributed by atoms with Crippen LogP contribution in [-0.4, -0.2) is 9.13 Å². The van der Waals surface area contributed by atoms with Gasteiger partial charge in [-0.15, -0.1) is 0 Å². The third kappa shape index (κ3) is 6.32. The van der Waals surface area contributed by atoms with E-state index in [1.807, 2.05) is 60.7 Å². The first-order chi connectivity index (χ1) is 30.9. The van der Waals surface area contributed by atoms with Crippen LogP contribution in [0.25, 0.3) is 88.4 Å². The van der Waals surface area contributed by atoms with Crippen LogP contribution in [0.2, 0.25) is 0 Å². The molecule has 0 N–H and O–H groups in total. The predicted molar refractivity (Wildman–Crippen MR) is 236 cm³/mol. The molecule has 2 heterocycles. The highest BCUT2D eigenvalue weighted by Crippen LogP contribution is 2.48. The zero-order valence-electron chi connectivity index (χ0n) is 33.1. The Kier molecular flexibility index (Phi) is 9.14. The number of alkyl halides is 6. The highest BCUT2D eigenvalue weighted by atomic mass is 19.4. The number of nitrogens with zero attached hydrogens (tertiary/aromatic N) is 5. The lowest BCUT2D eigenvalue weighted by Crippen LogP contribution is -2.14. The van der Waals surface area contributed by atoms with E-state index in [9.17, 15) is 29.0 Å². The normalized spacial score (nSPS) is 11.9. The third-order valence-corrected chi connectivity index (χ3v) is 11.7. The summed E-state index contributed by atoms with van der Waals surface area (Å²) in [4.78, 5) is 0. The van der Waals surface area contributed by atoms with Crippen molar-refractivity contribution in [2.24, 2.45) is 0 Å². The zero-order chi connectivity index (χ0) is 44.5. The van der Waals surface area contributed by atoms with Crippen molar-refractivity contribution >= 4 is 43.6 Å². The van der Waals surface area contributed by atoms with E-state index in [4.69, 9.17) is 0 Å². The number of fused-ring (bicyclic) bond motifs is 6. The first kappa shape index (κ1) is 39.5. The third-order valence-electron chi connectivity index (χ3n) is 11.7. The monoisotopic (exact) mass is 847 g/mol. The second-order valence-corrected chi connectivity index (χ2v) is 15.2. The summed E-state index contributed by atoms with van der Waals surface area (Å²) in [6, 6.07) is 50.9. The molecule has 0 aliphatic rings. The van der Waals surface area contributed by atoms with Gasteiger partial charge in [-0.1, -0.05) is 91.0 Å². The fourth-order valence-electron chi connectivity index (χ4n) is 8.94. The lowest BCUT2D eigenvalue weighted by molar-refractivity contribution is -0.142. The number of nitriles is 3. The van der Waals surface area contributed by atoms with Crippen LogP contribution in [0.15, 0.2) is 164 Å². The number of halogens is 6. The largest absolute Gasteiger partial charge is 0.417 e. The standard InChI is InChI=1S/C53H27F6N5/c54-52(55,56)36-19-20-41(44(27-36)53(57,58)59)51-49(63-45-15-7-5-13-39(45)42-25-32(17-21-47(42)63)37-11-3-1-9-34(37)29-61)23-31(28-60)24-50(51)64-46-16-8-6-14-40(46)43-26-33(18-22-48(43)64)38-12-4-2-10-35(38)30-62/h1-27H. The van der Waals surface area contributed by atoms with Crippen LogP contribution in [0.3, 0.4) is 0 Å². The van der Waals surface area contributed by atoms with E-state index in [0.29, 0.717) is 83.1 Å². The van der Waals surface area contributed by atoms with Crippen molar-refractivity contribution in [2.75, 3.05) is 0 Å². The van der Waals surface area contributed by atoms with Crippen LogP contribution < -0.4 is 0 Å². The molecule has 10 aromatic rings. The van der Waals surface area contributed by atoms with Gasteiger partial charge in [0.1, 0.15) is 0 Å². The molecular weight excluding hydrogens is 821 g/mol. The van der Waals surface area contributed by atoms with Gasteiger partial charge in [-0.05, 0) is 101 Å². The molecule has 0 spiro atoms. The number of rotatable bonds is 5. The van der Waals surface area contributed by atoms with Gasteiger partial charge in [0.05, 0.1) is 79.5 Å². The number of hydrogen-bond acceptors (Lipinski definition) is 3. The van der Waals surface area contributed by atoms with Gasteiger partial charge in [-0.2, -0.15) is 42.1 Å². The maximum atomic E-state index is 15.5. The Morgan fingerprint density at radius 1 is 0.391 bits per heavy atom. The molecule has 10 rings (SSSR count). The van der Waals surface area contributed by atoms with E-state index >= 15 is 13.2 Å². The highest BCUT2D eigenvalue weighted by molar-refractivity contribution is 6.13. The van der Waals surface area contributed by atoms with Gasteiger partial charge in [-0.25, -0.2) is 0 Å². The van der Waals surface area contributed by atoms with E-state index in [2.05, 4.69) is 18.2 Å². The molecule has 0 radical (unpaired) electrons. The Labute approximate surface area is 360 Å². The number of benzene rings is 8. The van der Waals surface area contributed by atoms with Crippen LogP contribution in [0.1, 0.15) is 27.8 Å². The van der Waals surface area contributed by atoms with E-state index < -0.39 is 29.0 Å². The fraction of sp³-hybridized carbons (Fsp3) is 0.0377. The minimum atomic E-state index is -5.26. The van der Waals surface area contributed by atoms with Crippen LogP contribution >= 0.6 is 0 Å². The first-order valence-electron chi connectivity index (χ1n) is 19.8. The fourth-order valence-corrected chi connectivity index (χ4v) is 8.94. The Bertz CT molecular complexity index is 3500. The Morgan fingerprint density at radius 2 is 0.844 bits per heavy atom. The van der Waals surface area contributed by atoms with Crippen LogP contribution in [-0.2, 0) is 12.4 Å². The van der Waals surface area contributed by atoms with Gasteiger partial charge in [0.15, 0.2) is 0 Å². The molecule has 64 heavy (non-hydrogen) atoms. The molecule has 8 aromatic carbocycles. The quantitative estimate of drug-likeness (QED) is 0.162. The SMILES string of the molecule is N#Cc1cc(-n2c3ccccc3c3cc(-c4ccccc4C#N)ccc32)c(-c2ccc(C(F)(F)F)cc2C(F)(F)F)c(-n2c3ccccc3c3cc(-c4ccccc4C#N)ccc32)c1. The molecule has 0 fully saturated rings. The summed E-state index contributed by atoms with van der Waals surface area (Å²) in [5.41, 5.74) is 2.51. The first-order valence-corrected chi connectivity index (χ1v) is 19.8. The van der Waals surface area contributed by atoms with E-state index in [0.717, 1.165) is 6.07 Å². The van der Waals surface area contributed by atoms with Crippen molar-refractivity contribution in [1.29, 1.82) is 15.8 Å². The second-order valence-electron chi connectivity index (χ2n) is 15.2. The van der Waals surface area contributed by atoms with Crippen molar-refractivity contribution in [2.45, 2.75) is 12.4 Å². The summed E-state index contributed by atoms with van der Waals surface area (Å²) >= 11 is 0. The number of hydrogen-bond donors (Lipinski definition) is 0. The molecule has 0 saturated heterocycles. The minimum Gasteiger partial charge on any atom is -0.308 e. The Hall–Kier alpha value is -8.59. The summed E-state index contributed by atoms with van der Waals surface area (Å²) in [7, 11) is 0. The van der Waals surface area contributed by atoms with E-state index in [1.54, 1.807) is 81.9 Å². The lowest BCUT2D eigenvalue weighted by atomic mass is 9.92. The van der Waals surface area contributed by atoms with Gasteiger partial charge in [0.25, 0.3) is 0 Å².